The standard InChI is InChI=1S/C11H23NO/c1-10(2)13-9-8-12-7-6-11-4-3-5-11/h10-12H,3-9H2,1-2H3. The highest BCUT2D eigenvalue weighted by atomic mass is 16.5. The van der Waals surface area contributed by atoms with Crippen LogP contribution >= 0.6 is 0 Å². The summed E-state index contributed by atoms with van der Waals surface area (Å²) in [6, 6.07) is 0. The van der Waals surface area contributed by atoms with E-state index in [4.69, 9.17) is 4.74 Å². The summed E-state index contributed by atoms with van der Waals surface area (Å²) in [4.78, 5) is 0. The summed E-state index contributed by atoms with van der Waals surface area (Å²) in [6.45, 7) is 7.18. The Labute approximate surface area is 82.0 Å². The first-order chi connectivity index (χ1) is 6.29. The van der Waals surface area contributed by atoms with Gasteiger partial charge in [0.15, 0.2) is 0 Å². The number of ether oxygens (including phenoxy) is 1. The van der Waals surface area contributed by atoms with E-state index in [1.807, 2.05) is 0 Å². The van der Waals surface area contributed by atoms with Gasteiger partial charge in [0, 0.05) is 6.54 Å². The predicted molar refractivity (Wildman–Crippen MR) is 55.9 cm³/mol. The normalized spacial score (nSPS) is 17.8. The van der Waals surface area contributed by atoms with E-state index in [2.05, 4.69) is 19.2 Å². The number of nitrogens with one attached hydrogen (secondary N) is 1. The third kappa shape index (κ3) is 5.27. The van der Waals surface area contributed by atoms with Gasteiger partial charge < -0.3 is 10.1 Å². The first-order valence-corrected chi connectivity index (χ1v) is 5.61. The molecular weight excluding hydrogens is 162 g/mol. The summed E-state index contributed by atoms with van der Waals surface area (Å²) in [5.41, 5.74) is 0. The quantitative estimate of drug-likeness (QED) is 0.614. The molecule has 0 atom stereocenters. The first kappa shape index (κ1) is 11.0. The zero-order chi connectivity index (χ0) is 9.52. The topological polar surface area (TPSA) is 21.3 Å². The number of rotatable bonds is 7. The highest BCUT2D eigenvalue weighted by Gasteiger charge is 2.15. The van der Waals surface area contributed by atoms with Gasteiger partial charge in [-0.2, -0.15) is 0 Å². The van der Waals surface area contributed by atoms with Crippen molar-refractivity contribution < 1.29 is 4.74 Å². The third-order valence-electron chi connectivity index (χ3n) is 2.68. The van der Waals surface area contributed by atoms with E-state index in [1.54, 1.807) is 0 Å². The molecule has 0 bridgehead atoms. The smallest absolute Gasteiger partial charge is 0.0594 e. The maximum absolute atomic E-state index is 5.43. The Bertz CT molecular complexity index is 121. The minimum absolute atomic E-state index is 0.369. The molecule has 13 heavy (non-hydrogen) atoms. The lowest BCUT2D eigenvalue weighted by molar-refractivity contribution is 0.0805. The summed E-state index contributed by atoms with van der Waals surface area (Å²) >= 11 is 0. The third-order valence-corrected chi connectivity index (χ3v) is 2.68. The van der Waals surface area contributed by atoms with Crippen molar-refractivity contribution in [3.8, 4) is 0 Å². The van der Waals surface area contributed by atoms with Gasteiger partial charge >= 0.3 is 0 Å². The van der Waals surface area contributed by atoms with Gasteiger partial charge in [0.2, 0.25) is 0 Å². The molecule has 1 aliphatic rings. The maximum Gasteiger partial charge on any atom is 0.0594 e. The van der Waals surface area contributed by atoms with Crippen molar-refractivity contribution in [3.63, 3.8) is 0 Å². The fourth-order valence-electron chi connectivity index (χ4n) is 1.58. The van der Waals surface area contributed by atoms with Gasteiger partial charge in [-0.05, 0) is 32.7 Å². The molecule has 0 radical (unpaired) electrons. The lowest BCUT2D eigenvalue weighted by atomic mass is 9.83. The van der Waals surface area contributed by atoms with Crippen LogP contribution in [0.4, 0.5) is 0 Å². The van der Waals surface area contributed by atoms with E-state index < -0.39 is 0 Å². The Morgan fingerprint density at radius 2 is 2.08 bits per heavy atom. The van der Waals surface area contributed by atoms with Crippen LogP contribution in [0.1, 0.15) is 39.5 Å². The van der Waals surface area contributed by atoms with Crippen LogP contribution in [0.2, 0.25) is 0 Å². The molecule has 1 fully saturated rings. The molecule has 0 unspecified atom stereocenters. The van der Waals surface area contributed by atoms with E-state index in [9.17, 15) is 0 Å². The SMILES string of the molecule is CC(C)OCCNCCC1CCC1. The molecule has 0 aromatic heterocycles. The van der Waals surface area contributed by atoms with Gasteiger partial charge in [0.05, 0.1) is 12.7 Å². The van der Waals surface area contributed by atoms with Crippen molar-refractivity contribution in [2.75, 3.05) is 19.7 Å². The summed E-state index contributed by atoms with van der Waals surface area (Å²) in [6.07, 6.45) is 6.12. The molecule has 1 rings (SSSR count). The Balaban J connectivity index is 1.73. The molecule has 2 heteroatoms. The van der Waals surface area contributed by atoms with Crippen molar-refractivity contribution in [2.45, 2.75) is 45.6 Å². The van der Waals surface area contributed by atoms with Crippen LogP contribution in [0.5, 0.6) is 0 Å². The van der Waals surface area contributed by atoms with Crippen molar-refractivity contribution >= 4 is 0 Å². The van der Waals surface area contributed by atoms with Crippen LogP contribution in [0, 0.1) is 5.92 Å². The molecule has 0 aromatic rings. The summed E-state index contributed by atoms with van der Waals surface area (Å²) in [5.74, 6) is 1.03. The average Bonchev–Trinajstić information content (AvgIpc) is 1.99. The monoisotopic (exact) mass is 185 g/mol. The van der Waals surface area contributed by atoms with Gasteiger partial charge in [0.1, 0.15) is 0 Å². The lowest BCUT2D eigenvalue weighted by Gasteiger charge is -2.25. The number of hydrogen-bond donors (Lipinski definition) is 1. The summed E-state index contributed by atoms with van der Waals surface area (Å²) in [7, 11) is 0. The Kier molecular flexibility index (Phi) is 5.40. The molecule has 0 aliphatic heterocycles. The molecule has 0 spiro atoms. The van der Waals surface area contributed by atoms with Crippen LogP contribution in [0.15, 0.2) is 0 Å². The highest BCUT2D eigenvalue weighted by molar-refractivity contribution is 4.70. The molecule has 0 aromatic carbocycles. The Morgan fingerprint density at radius 3 is 2.62 bits per heavy atom. The van der Waals surface area contributed by atoms with E-state index in [-0.39, 0.29) is 0 Å². The fraction of sp³-hybridized carbons (Fsp3) is 1.00. The van der Waals surface area contributed by atoms with Crippen molar-refractivity contribution in [1.82, 2.24) is 5.32 Å². The Hall–Kier alpha value is -0.0800. The van der Waals surface area contributed by atoms with Gasteiger partial charge in [-0.15, -0.1) is 0 Å². The predicted octanol–water partition coefficient (Wildman–Crippen LogP) is 2.19. The average molecular weight is 185 g/mol. The zero-order valence-electron chi connectivity index (χ0n) is 9.01. The number of hydrogen-bond acceptors (Lipinski definition) is 2. The lowest BCUT2D eigenvalue weighted by Crippen LogP contribution is -2.25. The van der Waals surface area contributed by atoms with Gasteiger partial charge in [-0.25, -0.2) is 0 Å². The summed E-state index contributed by atoms with van der Waals surface area (Å²) < 4.78 is 5.43. The second-order valence-corrected chi connectivity index (χ2v) is 4.26. The molecule has 0 heterocycles. The maximum atomic E-state index is 5.43. The van der Waals surface area contributed by atoms with Crippen molar-refractivity contribution in [2.24, 2.45) is 5.92 Å². The van der Waals surface area contributed by atoms with Crippen LogP contribution in [-0.4, -0.2) is 25.8 Å². The van der Waals surface area contributed by atoms with Crippen LogP contribution in [0.25, 0.3) is 0 Å². The van der Waals surface area contributed by atoms with Gasteiger partial charge in [-0.3, -0.25) is 0 Å². The molecular formula is C11H23NO. The largest absolute Gasteiger partial charge is 0.377 e. The second kappa shape index (κ2) is 6.39. The molecule has 1 aliphatic carbocycles. The van der Waals surface area contributed by atoms with Crippen LogP contribution in [-0.2, 0) is 4.74 Å². The fourth-order valence-corrected chi connectivity index (χ4v) is 1.58. The zero-order valence-corrected chi connectivity index (χ0v) is 9.01. The first-order valence-electron chi connectivity index (χ1n) is 5.61. The minimum atomic E-state index is 0.369. The minimum Gasteiger partial charge on any atom is -0.377 e. The molecule has 1 N–H and O–H groups in total. The van der Waals surface area contributed by atoms with Gasteiger partial charge in [0.25, 0.3) is 0 Å². The van der Waals surface area contributed by atoms with Crippen LogP contribution in [0.3, 0.4) is 0 Å². The molecule has 1 saturated carbocycles. The molecule has 2 nitrogen and oxygen atoms in total. The Morgan fingerprint density at radius 1 is 1.31 bits per heavy atom. The van der Waals surface area contributed by atoms with Gasteiger partial charge in [-0.1, -0.05) is 19.3 Å². The molecule has 78 valence electrons. The van der Waals surface area contributed by atoms with Crippen molar-refractivity contribution in [1.29, 1.82) is 0 Å². The van der Waals surface area contributed by atoms with E-state index in [0.717, 1.165) is 19.1 Å². The highest BCUT2D eigenvalue weighted by Crippen LogP contribution is 2.28. The summed E-state index contributed by atoms with van der Waals surface area (Å²) in [5, 5.41) is 3.41. The van der Waals surface area contributed by atoms with Crippen molar-refractivity contribution in [3.05, 3.63) is 0 Å². The van der Waals surface area contributed by atoms with E-state index in [1.165, 1.54) is 32.2 Å². The molecule has 0 amide bonds. The van der Waals surface area contributed by atoms with E-state index >= 15 is 0 Å². The molecule has 0 saturated heterocycles. The van der Waals surface area contributed by atoms with Crippen LogP contribution < -0.4 is 5.32 Å². The second-order valence-electron chi connectivity index (χ2n) is 4.26. The van der Waals surface area contributed by atoms with E-state index in [0.29, 0.717) is 6.10 Å².